The lowest BCUT2D eigenvalue weighted by Crippen LogP contribution is -2.09. The molecule has 2 heterocycles. The van der Waals surface area contributed by atoms with Gasteiger partial charge >= 0.3 is 0 Å². The van der Waals surface area contributed by atoms with Gasteiger partial charge in [-0.3, -0.25) is 0 Å². The van der Waals surface area contributed by atoms with E-state index in [0.29, 0.717) is 0 Å². The van der Waals surface area contributed by atoms with E-state index in [1.807, 2.05) is 18.2 Å². The number of rotatable bonds is 5. The first-order valence-corrected chi connectivity index (χ1v) is 16.3. The predicted molar refractivity (Wildman–Crippen MR) is 188 cm³/mol. The Morgan fingerprint density at radius 2 is 1.24 bits per heavy atom. The van der Waals surface area contributed by atoms with Crippen molar-refractivity contribution in [1.82, 2.24) is 4.57 Å². The molecule has 2 N–H and O–H groups in total. The van der Waals surface area contributed by atoms with E-state index in [9.17, 15) is 0 Å². The van der Waals surface area contributed by atoms with Gasteiger partial charge in [-0.05, 0) is 55.6 Å². The van der Waals surface area contributed by atoms with Crippen LogP contribution in [0.2, 0.25) is 0 Å². The molecule has 0 unspecified atom stereocenters. The predicted octanol–water partition coefficient (Wildman–Crippen LogP) is 10.0. The van der Waals surface area contributed by atoms with E-state index in [1.54, 1.807) is 0 Å². The van der Waals surface area contributed by atoms with Gasteiger partial charge in [-0.25, -0.2) is 0 Å². The maximum atomic E-state index is 8.69. The number of allylic oxidation sites excluding steroid dienone is 2. The van der Waals surface area contributed by atoms with Crippen molar-refractivity contribution in [2.45, 2.75) is 0 Å². The average molecular weight is 652 g/mol. The Kier molecular flexibility index (Phi) is 6.08. The van der Waals surface area contributed by atoms with Crippen molar-refractivity contribution in [2.75, 3.05) is 5.32 Å². The molecule has 4 heteroatoms. The summed E-state index contributed by atoms with van der Waals surface area (Å²) in [6, 6.07) is 47.3. The molecule has 0 radical (unpaired) electrons. The third kappa shape index (κ3) is 3.94. The van der Waals surface area contributed by atoms with E-state index in [4.69, 9.17) is 5.41 Å². The summed E-state index contributed by atoms with van der Waals surface area (Å²) in [7, 11) is 0. The number of para-hydroxylation sites is 1. The van der Waals surface area contributed by atoms with Gasteiger partial charge in [0.05, 0.1) is 14.9 Å². The number of aromatic nitrogens is 1. The lowest BCUT2D eigenvalue weighted by molar-refractivity contribution is 1.09. The largest absolute Gasteiger partial charge is 0.355 e. The Morgan fingerprint density at radius 3 is 1.98 bits per heavy atom. The lowest BCUT2D eigenvalue weighted by atomic mass is 9.94. The molecule has 0 saturated carbocycles. The highest BCUT2D eigenvalue weighted by molar-refractivity contribution is 14.2. The Bertz CT molecular complexity index is 2220. The minimum absolute atomic E-state index is 0.536. The number of hydrogen-bond donors (Lipinski definition) is 2. The van der Waals surface area contributed by atoms with Crippen molar-refractivity contribution in [3.05, 3.63) is 148 Å². The zero-order valence-electron chi connectivity index (χ0n) is 22.7. The van der Waals surface area contributed by atoms with Crippen LogP contribution in [0.25, 0.3) is 54.8 Å². The van der Waals surface area contributed by atoms with Crippen molar-refractivity contribution in [3.8, 4) is 16.8 Å². The second-order valence-corrected chi connectivity index (χ2v) is 12.7. The second kappa shape index (κ2) is 10.2. The molecule has 1 aliphatic rings. The molecule has 1 aromatic heterocycles. The molecule has 42 heavy (non-hydrogen) atoms. The molecule has 8 rings (SSSR count). The summed E-state index contributed by atoms with van der Waals surface area (Å²) in [4.78, 5) is 0. The molecular formula is C38H26IN3. The van der Waals surface area contributed by atoms with Gasteiger partial charge in [-0.2, -0.15) is 0 Å². The summed E-state index contributed by atoms with van der Waals surface area (Å²) in [6.07, 6.45) is 1.54. The number of benzene rings is 6. The van der Waals surface area contributed by atoms with Crippen LogP contribution in [0.3, 0.4) is 0 Å². The molecule has 0 amide bonds. The van der Waals surface area contributed by atoms with Crippen molar-refractivity contribution in [1.29, 1.82) is 5.41 Å². The highest BCUT2D eigenvalue weighted by Crippen LogP contribution is 2.46. The molecule has 6 aromatic carbocycles. The van der Waals surface area contributed by atoms with Gasteiger partial charge in [0.1, 0.15) is 0 Å². The van der Waals surface area contributed by atoms with Crippen LogP contribution in [0.1, 0.15) is 5.56 Å². The summed E-state index contributed by atoms with van der Waals surface area (Å²) in [5.41, 5.74) is 8.93. The minimum Gasteiger partial charge on any atom is -0.355 e. The molecule has 0 aliphatic carbocycles. The van der Waals surface area contributed by atoms with Crippen LogP contribution in [-0.2, 0) is 0 Å². The normalized spacial score (nSPS) is 12.9. The van der Waals surface area contributed by atoms with Crippen LogP contribution in [0.15, 0.2) is 139 Å². The zero-order valence-corrected chi connectivity index (χ0v) is 24.8. The lowest BCUT2D eigenvalue weighted by Gasteiger charge is -2.17. The number of hydrogen-bond acceptors (Lipinski definition) is 2. The van der Waals surface area contributed by atoms with E-state index in [1.165, 1.54) is 59.1 Å². The zero-order chi connectivity index (χ0) is 28.0. The van der Waals surface area contributed by atoms with E-state index >= 15 is 0 Å². The molecule has 0 fully saturated rings. The first-order valence-electron chi connectivity index (χ1n) is 14.0. The first kappa shape index (κ1) is 24.9. The molecule has 7 aromatic rings. The average Bonchev–Trinajstić information content (AvgIpc) is 3.42. The Labute approximate surface area is 254 Å². The minimum atomic E-state index is -0.536. The Balaban J connectivity index is 1.51. The quantitative estimate of drug-likeness (QED) is 0.109. The van der Waals surface area contributed by atoms with E-state index in [2.05, 4.69) is 129 Å². The SMILES string of the molecule is N=CC1=C(Nc2ccccc2)C=Ic2c1c1c3ccccc3c3ccccc3c1n2-c1cccc(-c2ccccc2)c1. The Hall–Kier alpha value is -4.81. The van der Waals surface area contributed by atoms with E-state index in [-0.39, 0.29) is 0 Å². The molecule has 1 aliphatic heterocycles. The van der Waals surface area contributed by atoms with Gasteiger partial charge in [0, 0.05) is 39.5 Å². The van der Waals surface area contributed by atoms with Crippen LogP contribution in [0.5, 0.6) is 0 Å². The Morgan fingerprint density at radius 1 is 0.619 bits per heavy atom. The van der Waals surface area contributed by atoms with Gasteiger partial charge in [-0.15, -0.1) is 0 Å². The molecule has 3 nitrogen and oxygen atoms in total. The topological polar surface area (TPSA) is 40.8 Å². The van der Waals surface area contributed by atoms with Gasteiger partial charge in [0.15, 0.2) is 0 Å². The maximum absolute atomic E-state index is 8.69. The third-order valence-electron chi connectivity index (χ3n) is 8.02. The van der Waals surface area contributed by atoms with Gasteiger partial charge in [0.2, 0.25) is 0 Å². The van der Waals surface area contributed by atoms with Crippen molar-refractivity contribution in [3.63, 3.8) is 0 Å². The summed E-state index contributed by atoms with van der Waals surface area (Å²) < 4.78 is 6.15. The monoisotopic (exact) mass is 651 g/mol. The molecule has 200 valence electrons. The van der Waals surface area contributed by atoms with Crippen molar-refractivity contribution >= 4 is 74.7 Å². The standard InChI is InChI=1S/C38H26IN3/c40-24-33-34(41-27-15-5-2-6-16-27)23-39-38-36(33)35-31-20-9-7-18-29(31)30-19-8-10-21-32(30)37(35)42(38)28-17-11-14-26(22-28)25-12-3-1-4-13-25/h1-24,40-41H. The van der Waals surface area contributed by atoms with Crippen LogP contribution in [0.4, 0.5) is 5.69 Å². The highest BCUT2D eigenvalue weighted by Gasteiger charge is 2.27. The number of anilines is 1. The van der Waals surface area contributed by atoms with Crippen molar-refractivity contribution in [2.24, 2.45) is 0 Å². The van der Waals surface area contributed by atoms with Crippen molar-refractivity contribution < 1.29 is 0 Å². The molecule has 0 spiro atoms. The number of nitrogens with zero attached hydrogens (tertiary/aromatic N) is 1. The maximum Gasteiger partial charge on any atom is 0.0881 e. The fraction of sp³-hybridized carbons (Fsp3) is 0. The van der Waals surface area contributed by atoms with E-state index < -0.39 is 20.7 Å². The van der Waals surface area contributed by atoms with Gasteiger partial charge in [-0.1, -0.05) is 130 Å². The van der Waals surface area contributed by atoms with Crippen LogP contribution >= 0.6 is 20.7 Å². The number of nitrogens with one attached hydrogen (secondary N) is 2. The van der Waals surface area contributed by atoms with Gasteiger partial charge in [0.25, 0.3) is 0 Å². The molecule has 0 saturated heterocycles. The second-order valence-electron chi connectivity index (χ2n) is 10.4. The number of fused-ring (bicyclic) bond motifs is 8. The van der Waals surface area contributed by atoms with Crippen LogP contribution in [0, 0.1) is 9.11 Å². The van der Waals surface area contributed by atoms with Crippen LogP contribution in [-0.4, -0.2) is 14.8 Å². The fourth-order valence-electron chi connectivity index (χ4n) is 6.19. The van der Waals surface area contributed by atoms with Gasteiger partial charge < -0.3 is 15.3 Å². The molecular weight excluding hydrogens is 625 g/mol. The summed E-state index contributed by atoms with van der Waals surface area (Å²) in [5.74, 6) is 0. The molecule has 0 bridgehead atoms. The van der Waals surface area contributed by atoms with E-state index in [0.717, 1.165) is 22.6 Å². The third-order valence-corrected chi connectivity index (χ3v) is 10.6. The highest BCUT2D eigenvalue weighted by atomic mass is 127. The first-order chi connectivity index (χ1) is 20.8. The fourth-order valence-corrected chi connectivity index (χ4v) is 8.96. The molecule has 0 atom stereocenters. The summed E-state index contributed by atoms with van der Waals surface area (Å²) in [6.45, 7) is 0. The summed E-state index contributed by atoms with van der Waals surface area (Å²) >= 11 is -0.536. The smallest absolute Gasteiger partial charge is 0.0881 e. The summed E-state index contributed by atoms with van der Waals surface area (Å²) in [5, 5.41) is 18.5. The number of halogens is 1. The van der Waals surface area contributed by atoms with Crippen LogP contribution < -0.4 is 5.32 Å².